The number of anilines is 2. The molecule has 23 heavy (non-hydrogen) atoms. The molecule has 1 aliphatic rings. The SMILES string of the molecule is Cc1cc(NC2CCN(C(=O)Nc3ccccc3)CC2)ncn1. The van der Waals surface area contributed by atoms with Crippen molar-refractivity contribution in [3.63, 3.8) is 0 Å². The van der Waals surface area contributed by atoms with E-state index < -0.39 is 0 Å². The Balaban J connectivity index is 1.49. The van der Waals surface area contributed by atoms with E-state index in [0.29, 0.717) is 6.04 Å². The highest BCUT2D eigenvalue weighted by molar-refractivity contribution is 5.89. The van der Waals surface area contributed by atoms with Crippen LogP contribution in [0.3, 0.4) is 0 Å². The van der Waals surface area contributed by atoms with Gasteiger partial charge >= 0.3 is 6.03 Å². The largest absolute Gasteiger partial charge is 0.367 e. The third kappa shape index (κ3) is 4.18. The van der Waals surface area contributed by atoms with Gasteiger partial charge in [-0.2, -0.15) is 0 Å². The average molecular weight is 311 g/mol. The van der Waals surface area contributed by atoms with E-state index in [4.69, 9.17) is 0 Å². The Labute approximate surface area is 135 Å². The minimum absolute atomic E-state index is 0.0347. The van der Waals surface area contributed by atoms with Gasteiger partial charge < -0.3 is 15.5 Å². The van der Waals surface area contributed by atoms with Gasteiger partial charge in [-0.05, 0) is 31.9 Å². The van der Waals surface area contributed by atoms with Crippen LogP contribution in [-0.4, -0.2) is 40.0 Å². The van der Waals surface area contributed by atoms with Gasteiger partial charge in [0, 0.05) is 36.6 Å². The van der Waals surface area contributed by atoms with Crippen LogP contribution in [0, 0.1) is 6.92 Å². The normalized spacial score (nSPS) is 15.3. The van der Waals surface area contributed by atoms with Gasteiger partial charge in [0.15, 0.2) is 0 Å². The molecule has 2 amide bonds. The van der Waals surface area contributed by atoms with Crippen LogP contribution in [0.15, 0.2) is 42.7 Å². The van der Waals surface area contributed by atoms with Gasteiger partial charge in [0.25, 0.3) is 0 Å². The number of urea groups is 1. The number of benzene rings is 1. The number of hydrogen-bond donors (Lipinski definition) is 2. The Morgan fingerprint density at radius 3 is 2.61 bits per heavy atom. The second-order valence-electron chi connectivity index (χ2n) is 5.75. The van der Waals surface area contributed by atoms with Crippen molar-refractivity contribution in [1.29, 1.82) is 0 Å². The fourth-order valence-corrected chi connectivity index (χ4v) is 2.69. The van der Waals surface area contributed by atoms with E-state index >= 15 is 0 Å². The molecule has 0 unspecified atom stereocenters. The topological polar surface area (TPSA) is 70.2 Å². The van der Waals surface area contributed by atoms with Gasteiger partial charge in [-0.1, -0.05) is 18.2 Å². The lowest BCUT2D eigenvalue weighted by Crippen LogP contribution is -2.44. The molecule has 6 heteroatoms. The highest BCUT2D eigenvalue weighted by Crippen LogP contribution is 2.16. The average Bonchev–Trinajstić information content (AvgIpc) is 2.56. The number of aryl methyl sites for hydroxylation is 1. The number of likely N-dealkylation sites (tertiary alicyclic amines) is 1. The lowest BCUT2D eigenvalue weighted by atomic mass is 10.1. The van der Waals surface area contributed by atoms with Crippen molar-refractivity contribution in [2.24, 2.45) is 0 Å². The molecule has 0 spiro atoms. The molecule has 6 nitrogen and oxygen atoms in total. The molecule has 2 aromatic rings. The fraction of sp³-hybridized carbons (Fsp3) is 0.353. The van der Waals surface area contributed by atoms with Crippen molar-refractivity contribution in [3.8, 4) is 0 Å². The number of rotatable bonds is 3. The number of carbonyl (C=O) groups excluding carboxylic acids is 1. The number of nitrogens with one attached hydrogen (secondary N) is 2. The molecule has 1 fully saturated rings. The first-order valence-electron chi connectivity index (χ1n) is 7.87. The number of para-hydroxylation sites is 1. The summed E-state index contributed by atoms with van der Waals surface area (Å²) >= 11 is 0. The first kappa shape index (κ1) is 15.3. The van der Waals surface area contributed by atoms with Crippen LogP contribution >= 0.6 is 0 Å². The van der Waals surface area contributed by atoms with Crippen LogP contribution in [0.4, 0.5) is 16.3 Å². The predicted octanol–water partition coefficient (Wildman–Crippen LogP) is 2.89. The molecule has 2 heterocycles. The van der Waals surface area contributed by atoms with Crippen LogP contribution < -0.4 is 10.6 Å². The predicted molar refractivity (Wildman–Crippen MR) is 90.4 cm³/mol. The van der Waals surface area contributed by atoms with E-state index in [1.807, 2.05) is 48.2 Å². The second-order valence-corrected chi connectivity index (χ2v) is 5.75. The smallest absolute Gasteiger partial charge is 0.321 e. The van der Waals surface area contributed by atoms with E-state index in [9.17, 15) is 4.79 Å². The van der Waals surface area contributed by atoms with Crippen LogP contribution in [-0.2, 0) is 0 Å². The van der Waals surface area contributed by atoms with Crippen molar-refractivity contribution >= 4 is 17.5 Å². The number of piperidine rings is 1. The van der Waals surface area contributed by atoms with Crippen molar-refractivity contribution in [2.45, 2.75) is 25.8 Å². The summed E-state index contributed by atoms with van der Waals surface area (Å²) in [6.07, 6.45) is 3.39. The Morgan fingerprint density at radius 1 is 1.17 bits per heavy atom. The van der Waals surface area contributed by atoms with Crippen LogP contribution in [0.2, 0.25) is 0 Å². The van der Waals surface area contributed by atoms with Crippen LogP contribution in [0.1, 0.15) is 18.5 Å². The molecule has 1 aliphatic heterocycles. The highest BCUT2D eigenvalue weighted by Gasteiger charge is 2.23. The number of nitrogens with zero attached hydrogens (tertiary/aromatic N) is 3. The lowest BCUT2D eigenvalue weighted by molar-refractivity contribution is 0.197. The van der Waals surface area contributed by atoms with Crippen molar-refractivity contribution in [3.05, 3.63) is 48.4 Å². The van der Waals surface area contributed by atoms with E-state index in [2.05, 4.69) is 20.6 Å². The first-order chi connectivity index (χ1) is 11.2. The maximum absolute atomic E-state index is 12.3. The van der Waals surface area contributed by atoms with Crippen LogP contribution in [0.25, 0.3) is 0 Å². The molecule has 1 saturated heterocycles. The number of hydrogen-bond acceptors (Lipinski definition) is 4. The minimum Gasteiger partial charge on any atom is -0.367 e. The van der Waals surface area contributed by atoms with Gasteiger partial charge in [0.1, 0.15) is 12.1 Å². The molecular formula is C17H21N5O. The summed E-state index contributed by atoms with van der Waals surface area (Å²) in [5, 5.41) is 6.35. The highest BCUT2D eigenvalue weighted by atomic mass is 16.2. The number of aromatic nitrogens is 2. The monoisotopic (exact) mass is 311 g/mol. The Bertz CT molecular complexity index is 653. The standard InChI is InChI=1S/C17H21N5O/c1-13-11-16(19-12-18-13)20-15-7-9-22(10-8-15)17(23)21-14-5-3-2-4-6-14/h2-6,11-12,15H,7-10H2,1H3,(H,21,23)(H,18,19,20). The summed E-state index contributed by atoms with van der Waals surface area (Å²) in [5.74, 6) is 0.852. The number of carbonyl (C=O) groups is 1. The zero-order valence-corrected chi connectivity index (χ0v) is 13.2. The molecule has 3 rings (SSSR count). The zero-order chi connectivity index (χ0) is 16.1. The maximum atomic E-state index is 12.3. The molecular weight excluding hydrogens is 290 g/mol. The van der Waals surface area contributed by atoms with Gasteiger partial charge in [0.2, 0.25) is 0 Å². The first-order valence-corrected chi connectivity index (χ1v) is 7.87. The van der Waals surface area contributed by atoms with Crippen molar-refractivity contribution < 1.29 is 4.79 Å². The van der Waals surface area contributed by atoms with Crippen molar-refractivity contribution in [2.75, 3.05) is 23.7 Å². The van der Waals surface area contributed by atoms with E-state index in [1.54, 1.807) is 6.33 Å². The van der Waals surface area contributed by atoms with Gasteiger partial charge in [-0.15, -0.1) is 0 Å². The quantitative estimate of drug-likeness (QED) is 0.914. The van der Waals surface area contributed by atoms with E-state index in [0.717, 1.165) is 43.1 Å². The molecule has 0 bridgehead atoms. The summed E-state index contributed by atoms with van der Waals surface area (Å²) in [6, 6.07) is 11.8. The number of amides is 2. The molecule has 0 atom stereocenters. The fourth-order valence-electron chi connectivity index (χ4n) is 2.69. The van der Waals surface area contributed by atoms with Gasteiger partial charge in [-0.3, -0.25) is 0 Å². The summed E-state index contributed by atoms with van der Waals surface area (Å²) in [5.41, 5.74) is 1.77. The molecule has 1 aromatic heterocycles. The Kier molecular flexibility index (Phi) is 4.71. The Morgan fingerprint density at radius 2 is 1.91 bits per heavy atom. The zero-order valence-electron chi connectivity index (χ0n) is 13.2. The molecule has 2 N–H and O–H groups in total. The van der Waals surface area contributed by atoms with E-state index in [-0.39, 0.29) is 6.03 Å². The molecule has 0 radical (unpaired) electrons. The minimum atomic E-state index is -0.0347. The summed E-state index contributed by atoms with van der Waals surface area (Å²) in [6.45, 7) is 3.42. The molecule has 0 aliphatic carbocycles. The summed E-state index contributed by atoms with van der Waals surface area (Å²) in [7, 11) is 0. The molecule has 1 aromatic carbocycles. The van der Waals surface area contributed by atoms with E-state index in [1.165, 1.54) is 0 Å². The summed E-state index contributed by atoms with van der Waals surface area (Å²) < 4.78 is 0. The summed E-state index contributed by atoms with van der Waals surface area (Å²) in [4.78, 5) is 22.4. The van der Waals surface area contributed by atoms with Crippen LogP contribution in [0.5, 0.6) is 0 Å². The lowest BCUT2D eigenvalue weighted by Gasteiger charge is -2.32. The van der Waals surface area contributed by atoms with Gasteiger partial charge in [0.05, 0.1) is 0 Å². The second kappa shape index (κ2) is 7.09. The maximum Gasteiger partial charge on any atom is 0.321 e. The van der Waals surface area contributed by atoms with Crippen molar-refractivity contribution in [1.82, 2.24) is 14.9 Å². The Hall–Kier alpha value is -2.63. The third-order valence-electron chi connectivity index (χ3n) is 3.96. The van der Waals surface area contributed by atoms with Gasteiger partial charge in [-0.25, -0.2) is 14.8 Å². The third-order valence-corrected chi connectivity index (χ3v) is 3.96. The molecule has 120 valence electrons. The molecule has 0 saturated carbocycles.